The van der Waals surface area contributed by atoms with Crippen molar-refractivity contribution in [1.82, 2.24) is 15.1 Å². The Bertz CT molecular complexity index is 936. The minimum Gasteiger partial charge on any atom is -0.481 e. The van der Waals surface area contributed by atoms with E-state index in [4.69, 9.17) is 22.0 Å². The quantitative estimate of drug-likeness (QED) is 0.442. The molecule has 9 heteroatoms. The van der Waals surface area contributed by atoms with Crippen LogP contribution in [0.25, 0.3) is 11.3 Å². The Morgan fingerprint density at radius 2 is 1.76 bits per heavy atom. The molecule has 2 aromatic rings. The molecule has 0 aliphatic heterocycles. The van der Waals surface area contributed by atoms with Gasteiger partial charge < -0.3 is 21.5 Å². The number of nitrogens with one attached hydrogen (secondary N) is 1. The molecule has 0 atom stereocenters. The lowest BCUT2D eigenvalue weighted by molar-refractivity contribution is -0.143. The lowest BCUT2D eigenvalue weighted by Crippen LogP contribution is -2.40. The molecule has 1 fully saturated rings. The van der Waals surface area contributed by atoms with E-state index in [2.05, 4.69) is 10.2 Å². The normalized spacial score (nSPS) is 18.8. The highest BCUT2D eigenvalue weighted by molar-refractivity contribution is 5.99. The Morgan fingerprint density at radius 1 is 1.14 bits per heavy atom. The molecule has 0 saturated heterocycles. The highest BCUT2D eigenvalue weighted by atomic mass is 16.4. The predicted octanol–water partition coefficient (Wildman–Crippen LogP) is 1.73. The van der Waals surface area contributed by atoms with Crippen LogP contribution in [0.3, 0.4) is 0 Å². The molecule has 0 spiro atoms. The number of carbonyl (C=O) groups excluding carboxylic acids is 1. The van der Waals surface area contributed by atoms with E-state index in [1.54, 1.807) is 42.3 Å². The average Bonchev–Trinajstić information content (AvgIpc) is 2.73. The van der Waals surface area contributed by atoms with Crippen molar-refractivity contribution in [3.05, 3.63) is 41.5 Å². The third kappa shape index (κ3) is 4.34. The van der Waals surface area contributed by atoms with Crippen molar-refractivity contribution < 1.29 is 14.7 Å². The van der Waals surface area contributed by atoms with Gasteiger partial charge >= 0.3 is 5.97 Å². The van der Waals surface area contributed by atoms with Crippen LogP contribution in [0.5, 0.6) is 0 Å². The molecule has 9 nitrogen and oxygen atoms in total. The SMILES string of the molecule is CN(C(=O)c1cc(-c2ccc(C(=N)N)cc2)nnc1N)[C@H]1CC[C@H](C(=O)O)CC1. The van der Waals surface area contributed by atoms with E-state index in [1.165, 1.54) is 0 Å². The molecule has 0 radical (unpaired) electrons. The van der Waals surface area contributed by atoms with E-state index < -0.39 is 5.97 Å². The maximum absolute atomic E-state index is 13.0. The van der Waals surface area contributed by atoms with E-state index in [0.29, 0.717) is 36.9 Å². The third-order valence-electron chi connectivity index (χ3n) is 5.46. The van der Waals surface area contributed by atoms with E-state index >= 15 is 0 Å². The number of amidine groups is 1. The first kappa shape index (κ1) is 20.2. The molecule has 1 aliphatic rings. The van der Waals surface area contributed by atoms with Gasteiger partial charge in [0, 0.05) is 24.2 Å². The Labute approximate surface area is 168 Å². The van der Waals surface area contributed by atoms with Gasteiger partial charge in [-0.1, -0.05) is 24.3 Å². The number of benzene rings is 1. The van der Waals surface area contributed by atoms with Crippen molar-refractivity contribution in [2.45, 2.75) is 31.7 Å². The number of anilines is 1. The Hall–Kier alpha value is -3.49. The van der Waals surface area contributed by atoms with Crippen LogP contribution in [0.4, 0.5) is 5.82 Å². The topological polar surface area (TPSA) is 159 Å². The monoisotopic (exact) mass is 396 g/mol. The van der Waals surface area contributed by atoms with Crippen molar-refractivity contribution >= 4 is 23.5 Å². The highest BCUT2D eigenvalue weighted by Crippen LogP contribution is 2.29. The lowest BCUT2D eigenvalue weighted by Gasteiger charge is -2.33. The number of amides is 1. The minimum atomic E-state index is -0.777. The van der Waals surface area contributed by atoms with Gasteiger partial charge in [0.05, 0.1) is 17.2 Å². The Balaban J connectivity index is 1.79. The number of nitrogen functional groups attached to an aromatic ring is 2. The standard InChI is InChI=1S/C20H24N6O3/c1-26(14-8-6-13(7-9-14)20(28)29)19(27)15-10-16(24-25-18(15)23)11-2-4-12(5-3-11)17(21)22/h2-5,10,13-14H,6-9H2,1H3,(H3,21,22)(H2,23,25)(H,28,29)/t13-,14-. The maximum atomic E-state index is 13.0. The first-order chi connectivity index (χ1) is 13.8. The van der Waals surface area contributed by atoms with E-state index in [-0.39, 0.29) is 35.1 Å². The van der Waals surface area contributed by atoms with Gasteiger partial charge in [-0.3, -0.25) is 15.0 Å². The van der Waals surface area contributed by atoms with Gasteiger partial charge in [0.1, 0.15) is 5.84 Å². The van der Waals surface area contributed by atoms with Crippen molar-refractivity contribution in [2.24, 2.45) is 11.7 Å². The molecule has 1 amide bonds. The van der Waals surface area contributed by atoms with Gasteiger partial charge in [-0.25, -0.2) is 0 Å². The van der Waals surface area contributed by atoms with E-state index in [1.807, 2.05) is 0 Å². The third-order valence-corrected chi connectivity index (χ3v) is 5.46. The number of hydrogen-bond donors (Lipinski definition) is 4. The summed E-state index contributed by atoms with van der Waals surface area (Å²) in [4.78, 5) is 25.8. The number of hydrogen-bond acceptors (Lipinski definition) is 6. The molecule has 0 unspecified atom stereocenters. The Kier molecular flexibility index (Phi) is 5.76. The van der Waals surface area contributed by atoms with Crippen LogP contribution in [0.1, 0.15) is 41.6 Å². The van der Waals surface area contributed by atoms with E-state index in [0.717, 1.165) is 5.56 Å². The lowest BCUT2D eigenvalue weighted by atomic mass is 9.85. The second-order valence-corrected chi connectivity index (χ2v) is 7.28. The van der Waals surface area contributed by atoms with Crippen LogP contribution < -0.4 is 11.5 Å². The van der Waals surface area contributed by atoms with Crippen LogP contribution in [0.15, 0.2) is 30.3 Å². The summed E-state index contributed by atoms with van der Waals surface area (Å²) in [5, 5.41) is 24.6. The molecule has 29 heavy (non-hydrogen) atoms. The molecule has 6 N–H and O–H groups in total. The van der Waals surface area contributed by atoms with E-state index in [9.17, 15) is 9.59 Å². The van der Waals surface area contributed by atoms with Gasteiger partial charge in [-0.05, 0) is 31.7 Å². The summed E-state index contributed by atoms with van der Waals surface area (Å²) in [6.07, 6.45) is 2.37. The van der Waals surface area contributed by atoms with Crippen LogP contribution >= 0.6 is 0 Å². The summed E-state index contributed by atoms with van der Waals surface area (Å²) in [6.45, 7) is 0. The number of aromatic nitrogens is 2. The zero-order chi connectivity index (χ0) is 21.1. The van der Waals surface area contributed by atoms with Gasteiger partial charge in [0.25, 0.3) is 5.91 Å². The molecular formula is C20H24N6O3. The maximum Gasteiger partial charge on any atom is 0.306 e. The number of nitrogens with zero attached hydrogens (tertiary/aromatic N) is 3. The molecule has 1 aliphatic carbocycles. The number of nitrogens with two attached hydrogens (primary N) is 2. The summed E-state index contributed by atoms with van der Waals surface area (Å²) >= 11 is 0. The average molecular weight is 396 g/mol. The van der Waals surface area contributed by atoms with Crippen molar-refractivity contribution in [3.63, 3.8) is 0 Å². The van der Waals surface area contributed by atoms with Crippen LogP contribution in [-0.2, 0) is 4.79 Å². The molecule has 1 saturated carbocycles. The van der Waals surface area contributed by atoms with Crippen LogP contribution in [0.2, 0.25) is 0 Å². The second-order valence-electron chi connectivity index (χ2n) is 7.28. The highest BCUT2D eigenvalue weighted by Gasteiger charge is 2.31. The molecule has 1 aromatic heterocycles. The van der Waals surface area contributed by atoms with Gasteiger partial charge in [-0.2, -0.15) is 0 Å². The van der Waals surface area contributed by atoms with Crippen molar-refractivity contribution in [1.29, 1.82) is 5.41 Å². The number of rotatable bonds is 5. The fourth-order valence-corrected chi connectivity index (χ4v) is 3.60. The molecule has 152 valence electrons. The number of aliphatic carboxylic acids is 1. The fourth-order valence-electron chi connectivity index (χ4n) is 3.60. The Morgan fingerprint density at radius 3 is 2.31 bits per heavy atom. The summed E-state index contributed by atoms with van der Waals surface area (Å²) in [5.74, 6) is -1.37. The fraction of sp³-hybridized carbons (Fsp3) is 0.350. The van der Waals surface area contributed by atoms with Crippen LogP contribution in [0, 0.1) is 11.3 Å². The zero-order valence-corrected chi connectivity index (χ0v) is 16.1. The minimum absolute atomic E-state index is 0.0324. The molecule has 1 heterocycles. The number of carboxylic acids is 1. The first-order valence-electron chi connectivity index (χ1n) is 9.36. The summed E-state index contributed by atoms with van der Waals surface area (Å²) < 4.78 is 0. The predicted molar refractivity (Wildman–Crippen MR) is 108 cm³/mol. The largest absolute Gasteiger partial charge is 0.481 e. The van der Waals surface area contributed by atoms with Crippen molar-refractivity contribution in [2.75, 3.05) is 12.8 Å². The first-order valence-corrected chi connectivity index (χ1v) is 9.36. The smallest absolute Gasteiger partial charge is 0.306 e. The van der Waals surface area contributed by atoms with Crippen LogP contribution in [-0.4, -0.2) is 51.0 Å². The second kappa shape index (κ2) is 8.26. The molecule has 3 rings (SSSR count). The zero-order valence-electron chi connectivity index (χ0n) is 16.1. The number of carbonyl (C=O) groups is 2. The van der Waals surface area contributed by atoms with Gasteiger partial charge in [0.15, 0.2) is 5.82 Å². The van der Waals surface area contributed by atoms with Crippen molar-refractivity contribution in [3.8, 4) is 11.3 Å². The summed E-state index contributed by atoms with van der Waals surface area (Å²) in [6, 6.07) is 8.47. The molecular weight excluding hydrogens is 372 g/mol. The number of carboxylic acid groups (broad SMARTS) is 1. The molecule has 1 aromatic carbocycles. The summed E-state index contributed by atoms with van der Waals surface area (Å²) in [5.41, 5.74) is 13.4. The van der Waals surface area contributed by atoms with Gasteiger partial charge in [0.2, 0.25) is 0 Å². The van der Waals surface area contributed by atoms with Gasteiger partial charge in [-0.15, -0.1) is 10.2 Å². The molecule has 0 bridgehead atoms. The summed E-state index contributed by atoms with van der Waals surface area (Å²) in [7, 11) is 1.70.